The normalized spacial score (nSPS) is 16.5. The predicted octanol–water partition coefficient (Wildman–Crippen LogP) is 3.87. The minimum atomic E-state index is -0.0362. The molecule has 0 N–H and O–H groups in total. The number of aromatic nitrogens is 1. The summed E-state index contributed by atoms with van der Waals surface area (Å²) < 4.78 is 5.69. The van der Waals surface area contributed by atoms with Crippen molar-refractivity contribution in [2.24, 2.45) is 5.92 Å². The zero-order chi connectivity index (χ0) is 21.3. The van der Waals surface area contributed by atoms with E-state index in [2.05, 4.69) is 4.98 Å². The summed E-state index contributed by atoms with van der Waals surface area (Å²) in [6.45, 7) is 2.12. The Kier molecular flexibility index (Phi) is 8.37. The van der Waals surface area contributed by atoms with Gasteiger partial charge in [-0.25, -0.2) is 0 Å². The fourth-order valence-electron chi connectivity index (χ4n) is 3.83. The van der Waals surface area contributed by atoms with E-state index in [1.807, 2.05) is 42.5 Å². The van der Waals surface area contributed by atoms with E-state index in [1.54, 1.807) is 28.9 Å². The van der Waals surface area contributed by atoms with Gasteiger partial charge < -0.3 is 14.2 Å². The second kappa shape index (κ2) is 11.2. The van der Waals surface area contributed by atoms with Crippen molar-refractivity contribution < 1.29 is 14.0 Å². The zero-order valence-electron chi connectivity index (χ0n) is 17.9. The summed E-state index contributed by atoms with van der Waals surface area (Å²) in [6.07, 6.45) is 7.91. The Morgan fingerprint density at radius 3 is 2.93 bits per heavy atom. The molecule has 3 heterocycles. The number of amides is 2. The highest BCUT2D eigenvalue weighted by Gasteiger charge is 2.27. The molecule has 30 heavy (non-hydrogen) atoms. The van der Waals surface area contributed by atoms with Crippen LogP contribution >= 0.6 is 11.8 Å². The van der Waals surface area contributed by atoms with Crippen molar-refractivity contribution in [3.05, 3.63) is 53.7 Å². The monoisotopic (exact) mass is 429 g/mol. The van der Waals surface area contributed by atoms with E-state index in [-0.39, 0.29) is 11.8 Å². The number of rotatable bonds is 9. The molecular weight excluding hydrogens is 398 g/mol. The number of furan rings is 1. The van der Waals surface area contributed by atoms with Crippen LogP contribution in [0.25, 0.3) is 0 Å². The van der Waals surface area contributed by atoms with Gasteiger partial charge in [-0.3, -0.25) is 14.6 Å². The van der Waals surface area contributed by atoms with Gasteiger partial charge in [0.1, 0.15) is 5.76 Å². The van der Waals surface area contributed by atoms with E-state index >= 15 is 0 Å². The van der Waals surface area contributed by atoms with Crippen LogP contribution in [-0.4, -0.2) is 59.5 Å². The molecule has 0 aromatic carbocycles. The summed E-state index contributed by atoms with van der Waals surface area (Å²) in [5.74, 6) is 2.50. The number of piperidine rings is 1. The van der Waals surface area contributed by atoms with Crippen LogP contribution in [0.15, 0.2) is 40.9 Å². The Morgan fingerprint density at radius 1 is 1.30 bits per heavy atom. The van der Waals surface area contributed by atoms with Crippen LogP contribution in [0.1, 0.15) is 47.7 Å². The Morgan fingerprint density at radius 2 is 2.17 bits per heavy atom. The molecule has 1 unspecified atom stereocenters. The van der Waals surface area contributed by atoms with Gasteiger partial charge in [0, 0.05) is 51.4 Å². The van der Waals surface area contributed by atoms with E-state index in [1.165, 1.54) is 0 Å². The van der Waals surface area contributed by atoms with Crippen molar-refractivity contribution >= 4 is 23.6 Å². The lowest BCUT2D eigenvalue weighted by Crippen LogP contribution is -2.40. The maximum Gasteiger partial charge on any atom is 0.289 e. The first kappa shape index (κ1) is 22.4. The molecule has 0 saturated carbocycles. The molecule has 1 atom stereocenters. The number of nitrogens with zero attached hydrogens (tertiary/aromatic N) is 3. The molecule has 162 valence electrons. The maximum atomic E-state index is 12.8. The number of thioether (sulfide) groups is 1. The van der Waals surface area contributed by atoms with Gasteiger partial charge in [0.15, 0.2) is 5.76 Å². The van der Waals surface area contributed by atoms with Gasteiger partial charge in [-0.05, 0) is 55.7 Å². The lowest BCUT2D eigenvalue weighted by Gasteiger charge is -2.32. The van der Waals surface area contributed by atoms with Crippen molar-refractivity contribution in [1.82, 2.24) is 14.8 Å². The second-order valence-electron chi connectivity index (χ2n) is 7.88. The molecule has 3 rings (SSSR count). The molecule has 2 aromatic heterocycles. The van der Waals surface area contributed by atoms with Gasteiger partial charge >= 0.3 is 0 Å². The minimum Gasteiger partial charge on any atom is -0.455 e. The predicted molar refractivity (Wildman–Crippen MR) is 119 cm³/mol. The van der Waals surface area contributed by atoms with Gasteiger partial charge in [0.2, 0.25) is 5.91 Å². The lowest BCUT2D eigenvalue weighted by molar-refractivity contribution is -0.130. The Labute approximate surface area is 183 Å². The lowest BCUT2D eigenvalue weighted by atomic mass is 9.93. The molecule has 0 radical (unpaired) electrons. The number of carbonyl (C=O) groups excluding carboxylic acids is 2. The Balaban J connectivity index is 1.43. The third-order valence-corrected chi connectivity index (χ3v) is 6.16. The largest absolute Gasteiger partial charge is 0.455 e. The molecule has 6 nitrogen and oxygen atoms in total. The summed E-state index contributed by atoms with van der Waals surface area (Å²) >= 11 is 1.67. The summed E-state index contributed by atoms with van der Waals surface area (Å²) in [4.78, 5) is 33.3. The highest BCUT2D eigenvalue weighted by molar-refractivity contribution is 7.97. The molecule has 7 heteroatoms. The van der Waals surface area contributed by atoms with Gasteiger partial charge in [0.25, 0.3) is 5.91 Å². The zero-order valence-corrected chi connectivity index (χ0v) is 18.7. The number of hydrogen-bond donors (Lipinski definition) is 0. The molecule has 2 aromatic rings. The van der Waals surface area contributed by atoms with Gasteiger partial charge in [0.05, 0.1) is 5.75 Å². The van der Waals surface area contributed by atoms with Crippen molar-refractivity contribution in [2.75, 3.05) is 32.9 Å². The van der Waals surface area contributed by atoms with Crippen molar-refractivity contribution in [3.63, 3.8) is 0 Å². The van der Waals surface area contributed by atoms with Crippen LogP contribution in [-0.2, 0) is 17.0 Å². The standard InChI is InChI=1S/C23H31N3O3S/c1-25(15-12-19-7-3-4-13-24-19)22(27)11-8-18-6-5-14-26(16-18)23(28)21-10-9-20(29-21)17-30-2/h3-4,7,9-10,13,18H,5-6,8,11-12,14-17H2,1-2H3. The molecule has 0 spiro atoms. The SMILES string of the molecule is CSCc1ccc(C(=O)N2CCCC(CCC(=O)N(C)CCc3ccccn3)C2)o1. The first-order chi connectivity index (χ1) is 14.6. The molecular formula is C23H31N3O3S. The van der Waals surface area contributed by atoms with Crippen molar-refractivity contribution in [1.29, 1.82) is 0 Å². The van der Waals surface area contributed by atoms with E-state index < -0.39 is 0 Å². The molecule has 1 aliphatic rings. The molecule has 1 aliphatic heterocycles. The molecule has 0 aliphatic carbocycles. The van der Waals surface area contributed by atoms with Gasteiger partial charge in [-0.15, -0.1) is 0 Å². The van der Waals surface area contributed by atoms with Crippen LogP contribution in [0.4, 0.5) is 0 Å². The number of carbonyl (C=O) groups is 2. The second-order valence-corrected chi connectivity index (χ2v) is 8.75. The summed E-state index contributed by atoms with van der Waals surface area (Å²) in [6, 6.07) is 9.50. The smallest absolute Gasteiger partial charge is 0.289 e. The van der Waals surface area contributed by atoms with E-state index in [4.69, 9.17) is 4.42 Å². The quantitative estimate of drug-likeness (QED) is 0.605. The van der Waals surface area contributed by atoms with E-state index in [0.29, 0.717) is 31.2 Å². The minimum absolute atomic E-state index is 0.0362. The highest BCUT2D eigenvalue weighted by Crippen LogP contribution is 2.24. The highest BCUT2D eigenvalue weighted by atomic mass is 32.2. The van der Waals surface area contributed by atoms with E-state index in [0.717, 1.165) is 49.4 Å². The van der Waals surface area contributed by atoms with Gasteiger partial charge in [-0.2, -0.15) is 11.8 Å². The average molecular weight is 430 g/mol. The van der Waals surface area contributed by atoms with Crippen LogP contribution in [0.5, 0.6) is 0 Å². The first-order valence-electron chi connectivity index (χ1n) is 10.6. The number of pyridine rings is 1. The van der Waals surface area contributed by atoms with Gasteiger partial charge in [-0.1, -0.05) is 6.07 Å². The summed E-state index contributed by atoms with van der Waals surface area (Å²) in [7, 11) is 1.85. The van der Waals surface area contributed by atoms with Crippen LogP contribution in [0.2, 0.25) is 0 Å². The topological polar surface area (TPSA) is 66.7 Å². The van der Waals surface area contributed by atoms with E-state index in [9.17, 15) is 9.59 Å². The Hall–Kier alpha value is -2.28. The summed E-state index contributed by atoms with van der Waals surface area (Å²) in [5, 5.41) is 0. The van der Waals surface area contributed by atoms with Crippen molar-refractivity contribution in [3.8, 4) is 0 Å². The van der Waals surface area contributed by atoms with Crippen LogP contribution < -0.4 is 0 Å². The molecule has 0 bridgehead atoms. The fourth-order valence-corrected chi connectivity index (χ4v) is 4.26. The number of hydrogen-bond acceptors (Lipinski definition) is 5. The van der Waals surface area contributed by atoms with Crippen LogP contribution in [0, 0.1) is 5.92 Å². The third-order valence-electron chi connectivity index (χ3n) is 5.59. The first-order valence-corrected chi connectivity index (χ1v) is 12.0. The Bertz CT molecular complexity index is 824. The number of likely N-dealkylation sites (N-methyl/N-ethyl adjacent to an activating group) is 1. The average Bonchev–Trinajstić information content (AvgIpc) is 3.25. The molecule has 1 fully saturated rings. The van der Waals surface area contributed by atoms with Crippen molar-refractivity contribution in [2.45, 2.75) is 37.9 Å². The third kappa shape index (κ3) is 6.36. The maximum absolute atomic E-state index is 12.8. The molecule has 1 saturated heterocycles. The molecule has 2 amide bonds. The number of likely N-dealkylation sites (tertiary alicyclic amines) is 1. The van der Waals surface area contributed by atoms with Crippen LogP contribution in [0.3, 0.4) is 0 Å². The summed E-state index contributed by atoms with van der Waals surface area (Å²) in [5.41, 5.74) is 0.997. The fraction of sp³-hybridized carbons (Fsp3) is 0.522.